The number of ether oxygens (including phenoxy) is 3. The highest BCUT2D eigenvalue weighted by molar-refractivity contribution is 7.45. The number of hydrogen-bond donors (Lipinski definition) is 3. The number of esters is 1. The van der Waals surface area contributed by atoms with Gasteiger partial charge in [0, 0.05) is 25.4 Å². The maximum atomic E-state index is 12.8. The van der Waals surface area contributed by atoms with Crippen molar-refractivity contribution < 1.29 is 57.3 Å². The fourth-order valence-corrected chi connectivity index (χ4v) is 7.27. The predicted octanol–water partition coefficient (Wildman–Crippen LogP) is 8.63. The lowest BCUT2D eigenvalue weighted by Crippen LogP contribution is -2.43. The van der Waals surface area contributed by atoms with Gasteiger partial charge in [-0.15, -0.1) is 0 Å². The smallest absolute Gasteiger partial charge is 0.306 e. The van der Waals surface area contributed by atoms with E-state index in [-0.39, 0.29) is 32.0 Å². The zero-order valence-corrected chi connectivity index (χ0v) is 38.4. The van der Waals surface area contributed by atoms with Crippen molar-refractivity contribution in [2.75, 3.05) is 54.1 Å². The number of aliphatic hydroxyl groups is 3. The minimum Gasteiger partial charge on any atom is -0.756 e. The highest BCUT2D eigenvalue weighted by Crippen LogP contribution is 2.38. The van der Waals surface area contributed by atoms with Gasteiger partial charge >= 0.3 is 5.97 Å². The number of likely N-dealkylation sites (N-methyl/N-ethyl adjacent to an activating group) is 1. The third-order valence-corrected chi connectivity index (χ3v) is 11.1. The summed E-state index contributed by atoms with van der Waals surface area (Å²) < 4.78 is 40.2. The number of quaternary nitrogens is 1. The molecule has 3 N–H and O–H groups in total. The molecule has 1 saturated heterocycles. The highest BCUT2D eigenvalue weighted by Gasteiger charge is 2.35. The standard InChI is InChI=1S/C46H84NO11P/c1-6-8-10-11-12-13-14-15-16-17-18-19-20-21-24-28-35-54-38-41(39-56-59(52,53)55-36-34-47(3,4)5)57-45(50)31-27-23-22-26-30-42-43(49)37-46(51)58-44(42)33-32-40(48)29-25-9-7-2/h9,15-16,22,25-26,32-33,40-44,46,48-49,51H,6-8,10-14,17-21,23-24,27-31,34-39H2,1-5H3/b16-15-,25-9-,26-22-,33-32+. The Labute approximate surface area is 358 Å². The van der Waals surface area contributed by atoms with Crippen molar-refractivity contribution in [1.29, 1.82) is 0 Å². The monoisotopic (exact) mass is 858 g/mol. The molecule has 1 fully saturated rings. The van der Waals surface area contributed by atoms with Crippen molar-refractivity contribution in [2.45, 2.75) is 179 Å². The molecular weight excluding hydrogens is 773 g/mol. The lowest BCUT2D eigenvalue weighted by atomic mass is 9.87. The zero-order chi connectivity index (χ0) is 43.6. The molecule has 0 aromatic rings. The number of aliphatic hydroxyl groups excluding tert-OH is 3. The van der Waals surface area contributed by atoms with Gasteiger partial charge in [-0.25, -0.2) is 0 Å². The van der Waals surface area contributed by atoms with Gasteiger partial charge in [-0.3, -0.25) is 9.36 Å². The molecule has 0 radical (unpaired) electrons. The fraction of sp³-hybridized carbons (Fsp3) is 0.804. The molecule has 0 saturated carbocycles. The number of nitrogens with zero attached hydrogens (tertiary/aromatic N) is 1. The van der Waals surface area contributed by atoms with Gasteiger partial charge in [0.1, 0.15) is 19.3 Å². The summed E-state index contributed by atoms with van der Waals surface area (Å²) in [6.07, 6.45) is 31.9. The van der Waals surface area contributed by atoms with E-state index in [1.54, 1.807) is 12.2 Å². The number of hydrogen-bond acceptors (Lipinski definition) is 11. The summed E-state index contributed by atoms with van der Waals surface area (Å²) in [6, 6.07) is 0. The van der Waals surface area contributed by atoms with Crippen LogP contribution in [0.2, 0.25) is 0 Å². The molecule has 7 atom stereocenters. The summed E-state index contributed by atoms with van der Waals surface area (Å²) in [6.45, 7) is 4.81. The van der Waals surface area contributed by atoms with E-state index in [9.17, 15) is 29.6 Å². The van der Waals surface area contributed by atoms with Crippen molar-refractivity contribution in [3.05, 3.63) is 48.6 Å². The molecule has 0 aliphatic carbocycles. The van der Waals surface area contributed by atoms with Crippen LogP contribution in [-0.4, -0.2) is 111 Å². The average molecular weight is 858 g/mol. The van der Waals surface area contributed by atoms with Gasteiger partial charge < -0.3 is 48.0 Å². The number of phosphoric ester groups is 1. The lowest BCUT2D eigenvalue weighted by Gasteiger charge is -2.36. The molecule has 1 heterocycles. The topological polar surface area (TPSA) is 164 Å². The van der Waals surface area contributed by atoms with Gasteiger partial charge in [-0.05, 0) is 64.2 Å². The first-order chi connectivity index (χ1) is 28.3. The summed E-state index contributed by atoms with van der Waals surface area (Å²) in [5.74, 6) is -0.789. The van der Waals surface area contributed by atoms with E-state index < -0.39 is 51.1 Å². The molecule has 344 valence electrons. The Bertz CT molecular complexity index is 1200. The third kappa shape index (κ3) is 32.7. The summed E-state index contributed by atoms with van der Waals surface area (Å²) >= 11 is 0. The van der Waals surface area contributed by atoms with Crippen molar-refractivity contribution in [3.8, 4) is 0 Å². The number of allylic oxidation sites excluding steroid dienone is 5. The Morgan fingerprint density at radius 2 is 1.44 bits per heavy atom. The van der Waals surface area contributed by atoms with Crippen molar-refractivity contribution in [2.24, 2.45) is 5.92 Å². The molecule has 0 aromatic heterocycles. The minimum absolute atomic E-state index is 0.0121. The first-order valence-corrected chi connectivity index (χ1v) is 24.2. The van der Waals surface area contributed by atoms with Gasteiger partial charge in [0.15, 0.2) is 6.29 Å². The molecular formula is C46H84NO11P. The van der Waals surface area contributed by atoms with E-state index in [0.29, 0.717) is 43.3 Å². The molecule has 0 bridgehead atoms. The van der Waals surface area contributed by atoms with Crippen LogP contribution in [0.5, 0.6) is 0 Å². The molecule has 7 unspecified atom stereocenters. The van der Waals surface area contributed by atoms with Crippen LogP contribution in [0.4, 0.5) is 0 Å². The Morgan fingerprint density at radius 3 is 2.10 bits per heavy atom. The van der Waals surface area contributed by atoms with Crippen LogP contribution >= 0.6 is 7.82 Å². The molecule has 1 aliphatic heterocycles. The summed E-state index contributed by atoms with van der Waals surface area (Å²) in [7, 11) is 1.18. The average Bonchev–Trinajstić information content (AvgIpc) is 3.17. The fourth-order valence-electron chi connectivity index (χ4n) is 6.54. The molecule has 0 amide bonds. The zero-order valence-electron chi connectivity index (χ0n) is 37.5. The van der Waals surface area contributed by atoms with Crippen molar-refractivity contribution in [3.63, 3.8) is 0 Å². The van der Waals surface area contributed by atoms with E-state index in [4.69, 9.17) is 23.3 Å². The number of carbonyl (C=O) groups excluding carboxylic acids is 1. The molecule has 1 aliphatic rings. The maximum Gasteiger partial charge on any atom is 0.306 e. The molecule has 12 nitrogen and oxygen atoms in total. The second kappa shape index (κ2) is 34.8. The van der Waals surface area contributed by atoms with Gasteiger partial charge in [-0.1, -0.05) is 120 Å². The molecule has 59 heavy (non-hydrogen) atoms. The summed E-state index contributed by atoms with van der Waals surface area (Å²) in [4.78, 5) is 25.2. The minimum atomic E-state index is -4.61. The Hall–Kier alpha value is -1.70. The van der Waals surface area contributed by atoms with Crippen LogP contribution < -0.4 is 4.89 Å². The number of rotatable bonds is 37. The van der Waals surface area contributed by atoms with E-state index >= 15 is 0 Å². The van der Waals surface area contributed by atoms with Crippen LogP contribution in [0.1, 0.15) is 149 Å². The maximum absolute atomic E-state index is 12.8. The van der Waals surface area contributed by atoms with Crippen molar-refractivity contribution in [1.82, 2.24) is 0 Å². The number of carbonyl (C=O) groups is 1. The highest BCUT2D eigenvalue weighted by atomic mass is 31.2. The molecule has 1 rings (SSSR count). The van der Waals surface area contributed by atoms with Gasteiger partial charge in [0.25, 0.3) is 7.82 Å². The quantitative estimate of drug-likeness (QED) is 0.0180. The second-order valence-corrected chi connectivity index (χ2v) is 18.3. The van der Waals surface area contributed by atoms with Gasteiger partial charge in [-0.2, -0.15) is 0 Å². The Morgan fingerprint density at radius 1 is 0.814 bits per heavy atom. The van der Waals surface area contributed by atoms with Crippen LogP contribution in [0, 0.1) is 5.92 Å². The Balaban J connectivity index is 2.48. The van der Waals surface area contributed by atoms with Gasteiger partial charge in [0.2, 0.25) is 0 Å². The first kappa shape index (κ1) is 55.3. The SMILES string of the molecule is CC/C=C\CC(O)/C=C/C1OC(O)CC(O)C1C/C=C\CCCC(=O)OC(COCCCCCCCC/C=C\CCCCCCCC)COP(=O)([O-])OCC[N+](C)(C)C. The normalized spacial score (nSPS) is 21.2. The van der Waals surface area contributed by atoms with Crippen LogP contribution in [0.25, 0.3) is 0 Å². The summed E-state index contributed by atoms with van der Waals surface area (Å²) in [5.41, 5.74) is 0. The van der Waals surface area contributed by atoms with Crippen LogP contribution in [0.15, 0.2) is 48.6 Å². The Kier molecular flexibility index (Phi) is 32.7. The summed E-state index contributed by atoms with van der Waals surface area (Å²) in [5, 5.41) is 31.0. The van der Waals surface area contributed by atoms with E-state index in [0.717, 1.165) is 32.1 Å². The predicted molar refractivity (Wildman–Crippen MR) is 234 cm³/mol. The second-order valence-electron chi connectivity index (χ2n) is 16.9. The van der Waals surface area contributed by atoms with Crippen LogP contribution in [-0.2, 0) is 32.6 Å². The molecule has 0 spiro atoms. The number of phosphoric acid groups is 1. The van der Waals surface area contributed by atoms with E-state index in [1.807, 2.05) is 52.4 Å². The van der Waals surface area contributed by atoms with Gasteiger partial charge in [0.05, 0.1) is 52.7 Å². The van der Waals surface area contributed by atoms with Crippen LogP contribution in [0.3, 0.4) is 0 Å². The third-order valence-electron chi connectivity index (χ3n) is 10.1. The molecule has 0 aromatic carbocycles. The van der Waals surface area contributed by atoms with E-state index in [1.165, 1.54) is 64.2 Å². The molecule has 13 heteroatoms. The van der Waals surface area contributed by atoms with E-state index in [2.05, 4.69) is 19.1 Å². The largest absolute Gasteiger partial charge is 0.756 e. The van der Waals surface area contributed by atoms with Crippen molar-refractivity contribution >= 4 is 13.8 Å². The lowest BCUT2D eigenvalue weighted by molar-refractivity contribution is -0.870. The number of unbranched alkanes of at least 4 members (excludes halogenated alkanes) is 13. The first-order valence-electron chi connectivity index (χ1n) is 22.8.